The van der Waals surface area contributed by atoms with Gasteiger partial charge in [0, 0.05) is 9.13 Å². The van der Waals surface area contributed by atoms with Crippen LogP contribution in [-0.2, 0) is 0 Å². The fraction of sp³-hybridized carbons (Fsp3) is 0. The summed E-state index contributed by atoms with van der Waals surface area (Å²) in [5, 5.41) is 0. The summed E-state index contributed by atoms with van der Waals surface area (Å²) in [4.78, 5) is 19.4. The van der Waals surface area contributed by atoms with Crippen molar-refractivity contribution < 1.29 is 0 Å². The zero-order chi connectivity index (χ0) is 12.5. The van der Waals surface area contributed by atoms with Crippen molar-refractivity contribution in [1.29, 1.82) is 0 Å². The zero-order valence-electron chi connectivity index (χ0n) is 9.35. The van der Waals surface area contributed by atoms with E-state index in [1.807, 2.05) is 48.5 Å². The molecule has 0 atom stereocenters. The van der Waals surface area contributed by atoms with Crippen LogP contribution in [0.5, 0.6) is 0 Å². The summed E-state index contributed by atoms with van der Waals surface area (Å²) in [6, 6.07) is 15.3. The molecule has 0 spiro atoms. The van der Waals surface area contributed by atoms with E-state index in [-0.39, 0.29) is 5.56 Å². The van der Waals surface area contributed by atoms with Gasteiger partial charge in [-0.3, -0.25) is 4.79 Å². The van der Waals surface area contributed by atoms with E-state index in [0.717, 1.165) is 20.2 Å². The van der Waals surface area contributed by atoms with Crippen LogP contribution in [0.2, 0.25) is 0 Å². The highest BCUT2D eigenvalue weighted by atomic mass is 127. The molecule has 4 heteroatoms. The highest BCUT2D eigenvalue weighted by molar-refractivity contribution is 14.1. The topological polar surface area (TPSA) is 45.8 Å². The second-order valence-electron chi connectivity index (χ2n) is 3.91. The predicted molar refractivity (Wildman–Crippen MR) is 80.5 cm³/mol. The van der Waals surface area contributed by atoms with Crippen LogP contribution in [0.1, 0.15) is 0 Å². The summed E-state index contributed by atoms with van der Waals surface area (Å²) >= 11 is 2.21. The maximum Gasteiger partial charge on any atom is 0.275 e. The molecule has 1 heterocycles. The molecule has 88 valence electrons. The van der Waals surface area contributed by atoms with Crippen molar-refractivity contribution >= 4 is 33.6 Å². The molecule has 0 aliphatic carbocycles. The number of fused-ring (bicyclic) bond motifs is 1. The van der Waals surface area contributed by atoms with Crippen molar-refractivity contribution in [3.8, 4) is 11.3 Å². The first-order chi connectivity index (χ1) is 8.75. The summed E-state index contributed by atoms with van der Waals surface area (Å²) in [6.07, 6.45) is 0. The van der Waals surface area contributed by atoms with E-state index >= 15 is 0 Å². The van der Waals surface area contributed by atoms with Crippen molar-refractivity contribution in [2.24, 2.45) is 0 Å². The highest BCUT2D eigenvalue weighted by Crippen LogP contribution is 2.21. The second kappa shape index (κ2) is 4.53. The van der Waals surface area contributed by atoms with Gasteiger partial charge in [0.2, 0.25) is 0 Å². The number of para-hydroxylation sites is 2. The molecule has 18 heavy (non-hydrogen) atoms. The van der Waals surface area contributed by atoms with Crippen LogP contribution >= 0.6 is 22.6 Å². The fourth-order valence-electron chi connectivity index (χ4n) is 1.87. The van der Waals surface area contributed by atoms with Gasteiger partial charge in [-0.2, -0.15) is 0 Å². The Morgan fingerprint density at radius 2 is 1.72 bits per heavy atom. The Morgan fingerprint density at radius 3 is 2.56 bits per heavy atom. The summed E-state index contributed by atoms with van der Waals surface area (Å²) in [7, 11) is 0. The fourth-order valence-corrected chi connectivity index (χ4v) is 2.51. The molecule has 1 N–H and O–H groups in total. The zero-order valence-corrected chi connectivity index (χ0v) is 11.5. The summed E-state index contributed by atoms with van der Waals surface area (Å²) in [6.45, 7) is 0. The molecule has 3 aromatic rings. The van der Waals surface area contributed by atoms with E-state index in [9.17, 15) is 4.79 Å². The Balaban J connectivity index is 2.33. The molecule has 1 aromatic heterocycles. The van der Waals surface area contributed by atoms with Gasteiger partial charge in [0.25, 0.3) is 5.56 Å². The number of halogens is 1. The molecule has 0 aliphatic rings. The third kappa shape index (κ3) is 1.92. The van der Waals surface area contributed by atoms with Gasteiger partial charge in [0.1, 0.15) is 5.69 Å². The maximum absolute atomic E-state index is 12.1. The third-order valence-electron chi connectivity index (χ3n) is 2.73. The Hall–Kier alpha value is -1.69. The number of aromatic amines is 1. The van der Waals surface area contributed by atoms with E-state index in [0.29, 0.717) is 5.69 Å². The third-order valence-corrected chi connectivity index (χ3v) is 3.67. The first kappa shape index (κ1) is 11.4. The molecule has 0 bridgehead atoms. The largest absolute Gasteiger partial charge is 0.319 e. The van der Waals surface area contributed by atoms with E-state index < -0.39 is 0 Å². The molecule has 0 saturated carbocycles. The normalized spacial score (nSPS) is 10.7. The average Bonchev–Trinajstić information content (AvgIpc) is 2.39. The standard InChI is InChI=1S/C14H9IN2O/c15-10-6-2-1-5-9(10)13-14(18)17-12-8-4-3-7-11(12)16-13/h1-8H,(H,17,18). The molecule has 3 nitrogen and oxygen atoms in total. The summed E-state index contributed by atoms with van der Waals surface area (Å²) in [5.74, 6) is 0. The molecule has 2 aromatic carbocycles. The minimum absolute atomic E-state index is 0.155. The van der Waals surface area contributed by atoms with Gasteiger partial charge in [-0.15, -0.1) is 0 Å². The molecule has 0 unspecified atom stereocenters. The molecule has 0 amide bonds. The molecule has 3 rings (SSSR count). The van der Waals surface area contributed by atoms with Crippen LogP contribution < -0.4 is 5.56 Å². The van der Waals surface area contributed by atoms with Crippen LogP contribution in [0.15, 0.2) is 53.3 Å². The molecule has 0 aliphatic heterocycles. The number of nitrogens with one attached hydrogen (secondary N) is 1. The molecule has 0 radical (unpaired) electrons. The van der Waals surface area contributed by atoms with Gasteiger partial charge in [0.15, 0.2) is 0 Å². The van der Waals surface area contributed by atoms with Gasteiger partial charge in [-0.05, 0) is 40.8 Å². The number of H-pyrrole nitrogens is 1. The van der Waals surface area contributed by atoms with Gasteiger partial charge in [0.05, 0.1) is 11.0 Å². The number of hydrogen-bond acceptors (Lipinski definition) is 2. The summed E-state index contributed by atoms with van der Waals surface area (Å²) in [5.41, 5.74) is 2.74. The van der Waals surface area contributed by atoms with Gasteiger partial charge >= 0.3 is 0 Å². The minimum Gasteiger partial charge on any atom is -0.319 e. The van der Waals surface area contributed by atoms with Crippen LogP contribution in [0, 0.1) is 3.57 Å². The Morgan fingerprint density at radius 1 is 1.00 bits per heavy atom. The second-order valence-corrected chi connectivity index (χ2v) is 5.07. The number of nitrogens with zero attached hydrogens (tertiary/aromatic N) is 1. The van der Waals surface area contributed by atoms with Crippen molar-refractivity contribution in [3.63, 3.8) is 0 Å². The minimum atomic E-state index is -0.155. The quantitative estimate of drug-likeness (QED) is 0.687. The summed E-state index contributed by atoms with van der Waals surface area (Å²) < 4.78 is 1.02. The number of benzene rings is 2. The smallest absolute Gasteiger partial charge is 0.275 e. The SMILES string of the molecule is O=c1[nH]c2ccccc2nc1-c1ccccc1I. The maximum atomic E-state index is 12.1. The van der Waals surface area contributed by atoms with E-state index in [2.05, 4.69) is 32.6 Å². The number of hydrogen-bond donors (Lipinski definition) is 1. The van der Waals surface area contributed by atoms with E-state index in [4.69, 9.17) is 0 Å². The lowest BCUT2D eigenvalue weighted by molar-refractivity contribution is 1.22. The van der Waals surface area contributed by atoms with Crippen LogP contribution in [0.3, 0.4) is 0 Å². The lowest BCUT2D eigenvalue weighted by Gasteiger charge is -2.04. The monoisotopic (exact) mass is 348 g/mol. The van der Waals surface area contributed by atoms with Crippen LogP contribution in [0.25, 0.3) is 22.3 Å². The van der Waals surface area contributed by atoms with Crippen molar-refractivity contribution in [1.82, 2.24) is 9.97 Å². The number of aromatic nitrogens is 2. The molecular formula is C14H9IN2O. The van der Waals surface area contributed by atoms with Gasteiger partial charge < -0.3 is 4.98 Å². The Kier molecular flexibility index (Phi) is 2.87. The lowest BCUT2D eigenvalue weighted by Crippen LogP contribution is -2.11. The highest BCUT2D eigenvalue weighted by Gasteiger charge is 2.09. The molecule has 0 saturated heterocycles. The first-order valence-electron chi connectivity index (χ1n) is 5.50. The first-order valence-corrected chi connectivity index (χ1v) is 6.57. The van der Waals surface area contributed by atoms with Crippen LogP contribution in [0.4, 0.5) is 0 Å². The Labute approximate surface area is 117 Å². The number of rotatable bonds is 1. The lowest BCUT2D eigenvalue weighted by atomic mass is 10.1. The van der Waals surface area contributed by atoms with Gasteiger partial charge in [-0.25, -0.2) is 4.98 Å². The van der Waals surface area contributed by atoms with Crippen LogP contribution in [-0.4, -0.2) is 9.97 Å². The Bertz CT molecular complexity index is 780. The van der Waals surface area contributed by atoms with Crippen molar-refractivity contribution in [2.45, 2.75) is 0 Å². The predicted octanol–water partition coefficient (Wildman–Crippen LogP) is 3.19. The van der Waals surface area contributed by atoms with E-state index in [1.165, 1.54) is 0 Å². The average molecular weight is 348 g/mol. The molecular weight excluding hydrogens is 339 g/mol. The van der Waals surface area contributed by atoms with Gasteiger partial charge in [-0.1, -0.05) is 30.3 Å². The molecule has 0 fully saturated rings. The van der Waals surface area contributed by atoms with E-state index in [1.54, 1.807) is 0 Å². The van der Waals surface area contributed by atoms with Crippen molar-refractivity contribution in [2.75, 3.05) is 0 Å². The van der Waals surface area contributed by atoms with Crippen molar-refractivity contribution in [3.05, 3.63) is 62.5 Å².